The van der Waals surface area contributed by atoms with Crippen molar-refractivity contribution in [3.8, 4) is 0 Å². The summed E-state index contributed by atoms with van der Waals surface area (Å²) >= 11 is 3.39. The molecule has 0 amide bonds. The van der Waals surface area contributed by atoms with Crippen molar-refractivity contribution in [2.75, 3.05) is 20.1 Å². The van der Waals surface area contributed by atoms with E-state index in [0.29, 0.717) is 6.42 Å². The summed E-state index contributed by atoms with van der Waals surface area (Å²) in [5, 5.41) is 0. The molecular weight excluding hydrogens is 328 g/mol. The summed E-state index contributed by atoms with van der Waals surface area (Å²) in [6.45, 7) is 1.71. The number of carbonyl (C=O) groups is 1. The lowest BCUT2D eigenvalue weighted by molar-refractivity contribution is 0.0969. The van der Waals surface area contributed by atoms with E-state index < -0.39 is 0 Å². The molecule has 1 aromatic heterocycles. The Morgan fingerprint density at radius 1 is 1.19 bits per heavy atom. The van der Waals surface area contributed by atoms with Crippen LogP contribution >= 0.6 is 15.9 Å². The lowest BCUT2D eigenvalue weighted by atomic mass is 10.1. The van der Waals surface area contributed by atoms with Crippen molar-refractivity contribution >= 4 is 21.7 Å². The third-order valence-electron chi connectivity index (χ3n) is 3.40. The molecule has 0 fully saturated rings. The minimum Gasteiger partial charge on any atom is -0.306 e. The van der Waals surface area contributed by atoms with Crippen LogP contribution in [0.2, 0.25) is 0 Å². The predicted octanol–water partition coefficient (Wildman–Crippen LogP) is 3.59. The third-order valence-corrected chi connectivity index (χ3v) is 3.89. The van der Waals surface area contributed by atoms with Crippen LogP contribution in [0.4, 0.5) is 0 Å². The molecule has 21 heavy (non-hydrogen) atoms. The van der Waals surface area contributed by atoms with Gasteiger partial charge in [0.15, 0.2) is 5.78 Å². The van der Waals surface area contributed by atoms with Gasteiger partial charge in [0.05, 0.1) is 0 Å². The van der Waals surface area contributed by atoms with E-state index in [1.807, 2.05) is 48.8 Å². The van der Waals surface area contributed by atoms with Gasteiger partial charge in [-0.3, -0.25) is 9.78 Å². The number of hydrogen-bond acceptors (Lipinski definition) is 3. The minimum atomic E-state index is 0.187. The van der Waals surface area contributed by atoms with E-state index in [1.165, 1.54) is 5.56 Å². The van der Waals surface area contributed by atoms with Gasteiger partial charge in [0.2, 0.25) is 0 Å². The number of nitrogens with zero attached hydrogens (tertiary/aromatic N) is 2. The SMILES string of the molecule is CN(CCC(=O)c1cccc(Br)c1)CCc1ccncc1. The quantitative estimate of drug-likeness (QED) is 0.718. The zero-order valence-electron chi connectivity index (χ0n) is 12.1. The van der Waals surface area contributed by atoms with Gasteiger partial charge in [0.25, 0.3) is 0 Å². The van der Waals surface area contributed by atoms with Crippen LogP contribution in [-0.2, 0) is 6.42 Å². The number of likely N-dealkylation sites (N-methyl/N-ethyl adjacent to an activating group) is 1. The molecule has 4 heteroatoms. The van der Waals surface area contributed by atoms with Crippen molar-refractivity contribution in [2.45, 2.75) is 12.8 Å². The van der Waals surface area contributed by atoms with Crippen LogP contribution in [-0.4, -0.2) is 35.8 Å². The summed E-state index contributed by atoms with van der Waals surface area (Å²) in [4.78, 5) is 18.3. The molecule has 0 aliphatic rings. The van der Waals surface area contributed by atoms with Crippen molar-refractivity contribution < 1.29 is 4.79 Å². The second kappa shape index (κ2) is 8.05. The van der Waals surface area contributed by atoms with Crippen LogP contribution in [0.15, 0.2) is 53.3 Å². The number of benzene rings is 1. The number of carbonyl (C=O) groups excluding carboxylic acids is 1. The van der Waals surface area contributed by atoms with Gasteiger partial charge in [-0.25, -0.2) is 0 Å². The molecule has 1 heterocycles. The molecule has 0 radical (unpaired) electrons. The molecule has 0 aliphatic heterocycles. The van der Waals surface area contributed by atoms with Gasteiger partial charge in [-0.1, -0.05) is 28.1 Å². The first kappa shape index (κ1) is 15.9. The Labute approximate surface area is 134 Å². The highest BCUT2D eigenvalue weighted by Crippen LogP contribution is 2.13. The summed E-state index contributed by atoms with van der Waals surface area (Å²) < 4.78 is 0.944. The molecule has 2 aromatic rings. The number of ketones is 1. The van der Waals surface area contributed by atoms with Crippen LogP contribution in [0.3, 0.4) is 0 Å². The maximum absolute atomic E-state index is 12.1. The van der Waals surface area contributed by atoms with Gasteiger partial charge in [0.1, 0.15) is 0 Å². The van der Waals surface area contributed by atoms with Gasteiger partial charge >= 0.3 is 0 Å². The lowest BCUT2D eigenvalue weighted by Crippen LogP contribution is -2.24. The molecule has 1 aromatic carbocycles. The van der Waals surface area contributed by atoms with Gasteiger partial charge in [0, 0.05) is 41.9 Å². The van der Waals surface area contributed by atoms with Crippen molar-refractivity contribution in [1.82, 2.24) is 9.88 Å². The molecule has 3 nitrogen and oxygen atoms in total. The topological polar surface area (TPSA) is 33.2 Å². The van der Waals surface area contributed by atoms with E-state index in [2.05, 4.69) is 32.9 Å². The number of pyridine rings is 1. The summed E-state index contributed by atoms with van der Waals surface area (Å²) in [5.74, 6) is 0.187. The fraction of sp³-hybridized carbons (Fsp3) is 0.294. The summed E-state index contributed by atoms with van der Waals surface area (Å²) in [6.07, 6.45) is 5.14. The molecular formula is C17H19BrN2O. The molecule has 0 aliphatic carbocycles. The molecule has 0 unspecified atom stereocenters. The Balaban J connectivity index is 1.76. The molecule has 0 spiro atoms. The van der Waals surface area contributed by atoms with E-state index in [0.717, 1.165) is 29.5 Å². The molecule has 0 atom stereocenters. The standard InChI is InChI=1S/C17H19BrN2O/c1-20(11-7-14-5-9-19-10-6-14)12-8-17(21)15-3-2-4-16(18)13-15/h2-6,9-10,13H,7-8,11-12H2,1H3. The van der Waals surface area contributed by atoms with E-state index in [1.54, 1.807) is 0 Å². The first-order valence-corrected chi connectivity index (χ1v) is 7.80. The molecule has 0 saturated heterocycles. The average molecular weight is 347 g/mol. The average Bonchev–Trinajstić information content (AvgIpc) is 2.51. The number of rotatable bonds is 7. The van der Waals surface area contributed by atoms with Gasteiger partial charge in [-0.15, -0.1) is 0 Å². The minimum absolute atomic E-state index is 0.187. The number of Topliss-reactive ketones (excluding diaryl/α,β-unsaturated/α-hetero) is 1. The lowest BCUT2D eigenvalue weighted by Gasteiger charge is -2.16. The zero-order chi connectivity index (χ0) is 15.1. The first-order chi connectivity index (χ1) is 10.1. The number of hydrogen-bond donors (Lipinski definition) is 0. The van der Waals surface area contributed by atoms with Crippen LogP contribution in [0.25, 0.3) is 0 Å². The van der Waals surface area contributed by atoms with Gasteiger partial charge < -0.3 is 4.90 Å². The second-order valence-electron chi connectivity index (χ2n) is 5.09. The summed E-state index contributed by atoms with van der Waals surface area (Å²) in [6, 6.07) is 11.6. The fourth-order valence-electron chi connectivity index (χ4n) is 2.08. The Bertz CT molecular complexity index is 586. The van der Waals surface area contributed by atoms with Crippen LogP contribution in [0.1, 0.15) is 22.3 Å². The van der Waals surface area contributed by atoms with Crippen molar-refractivity contribution in [1.29, 1.82) is 0 Å². The Morgan fingerprint density at radius 3 is 2.67 bits per heavy atom. The van der Waals surface area contributed by atoms with E-state index in [4.69, 9.17) is 0 Å². The maximum Gasteiger partial charge on any atom is 0.164 e. The van der Waals surface area contributed by atoms with Crippen molar-refractivity contribution in [3.05, 3.63) is 64.4 Å². The first-order valence-electron chi connectivity index (χ1n) is 7.01. The predicted molar refractivity (Wildman–Crippen MR) is 88.5 cm³/mol. The smallest absolute Gasteiger partial charge is 0.164 e. The highest BCUT2D eigenvalue weighted by molar-refractivity contribution is 9.10. The van der Waals surface area contributed by atoms with Crippen molar-refractivity contribution in [2.24, 2.45) is 0 Å². The Hall–Kier alpha value is -1.52. The van der Waals surface area contributed by atoms with Gasteiger partial charge in [-0.05, 0) is 43.3 Å². The van der Waals surface area contributed by atoms with Crippen LogP contribution in [0.5, 0.6) is 0 Å². The van der Waals surface area contributed by atoms with E-state index in [9.17, 15) is 4.79 Å². The van der Waals surface area contributed by atoms with Crippen LogP contribution in [0, 0.1) is 0 Å². The largest absolute Gasteiger partial charge is 0.306 e. The summed E-state index contributed by atoms with van der Waals surface area (Å²) in [5.41, 5.74) is 2.04. The highest BCUT2D eigenvalue weighted by atomic mass is 79.9. The molecule has 2 rings (SSSR count). The fourth-order valence-corrected chi connectivity index (χ4v) is 2.48. The Morgan fingerprint density at radius 2 is 1.95 bits per heavy atom. The van der Waals surface area contributed by atoms with E-state index in [-0.39, 0.29) is 5.78 Å². The number of aromatic nitrogens is 1. The Kier molecular flexibility index (Phi) is 6.08. The molecule has 110 valence electrons. The molecule has 0 N–H and O–H groups in total. The normalized spacial score (nSPS) is 10.8. The molecule has 0 bridgehead atoms. The monoisotopic (exact) mass is 346 g/mol. The van der Waals surface area contributed by atoms with E-state index >= 15 is 0 Å². The van der Waals surface area contributed by atoms with Crippen molar-refractivity contribution in [3.63, 3.8) is 0 Å². The third kappa shape index (κ3) is 5.40. The highest BCUT2D eigenvalue weighted by Gasteiger charge is 2.08. The maximum atomic E-state index is 12.1. The number of halogens is 1. The summed E-state index contributed by atoms with van der Waals surface area (Å²) in [7, 11) is 2.05. The molecule has 0 saturated carbocycles. The van der Waals surface area contributed by atoms with Crippen LogP contribution < -0.4 is 0 Å². The zero-order valence-corrected chi connectivity index (χ0v) is 13.7. The second-order valence-corrected chi connectivity index (χ2v) is 6.01. The van der Waals surface area contributed by atoms with Gasteiger partial charge in [-0.2, -0.15) is 0 Å².